The van der Waals surface area contributed by atoms with E-state index in [9.17, 15) is 9.59 Å². The van der Waals surface area contributed by atoms with Crippen LogP contribution in [0, 0.1) is 12.3 Å². The summed E-state index contributed by atoms with van der Waals surface area (Å²) in [4.78, 5) is 28.9. The van der Waals surface area contributed by atoms with Gasteiger partial charge in [-0.25, -0.2) is 9.67 Å². The fourth-order valence-corrected chi connectivity index (χ4v) is 2.52. The number of terminal acetylenes is 1. The van der Waals surface area contributed by atoms with Gasteiger partial charge in [-0.2, -0.15) is 5.10 Å². The van der Waals surface area contributed by atoms with Crippen LogP contribution < -0.4 is 10.6 Å². The van der Waals surface area contributed by atoms with E-state index in [0.29, 0.717) is 16.6 Å². The number of aromatic nitrogens is 3. The van der Waals surface area contributed by atoms with Crippen LogP contribution in [-0.4, -0.2) is 39.7 Å². The Hall–Kier alpha value is -2.88. The molecule has 7 heteroatoms. The Balaban J connectivity index is 2.23. The van der Waals surface area contributed by atoms with Gasteiger partial charge in [0.1, 0.15) is 0 Å². The quantitative estimate of drug-likeness (QED) is 0.744. The highest BCUT2D eigenvalue weighted by Crippen LogP contribution is 2.24. The summed E-state index contributed by atoms with van der Waals surface area (Å²) in [6.07, 6.45) is 6.93. The number of carbonyl (C=O) groups is 2. The molecule has 0 spiro atoms. The molecular formula is C19H25N5O2. The van der Waals surface area contributed by atoms with E-state index < -0.39 is 0 Å². The van der Waals surface area contributed by atoms with Gasteiger partial charge in [-0.3, -0.25) is 9.59 Å². The molecule has 2 aromatic heterocycles. The van der Waals surface area contributed by atoms with Gasteiger partial charge in [-0.15, -0.1) is 6.42 Å². The lowest BCUT2D eigenvalue weighted by Gasteiger charge is -2.12. The number of hydrogen-bond donors (Lipinski definition) is 2. The first kappa shape index (κ1) is 19.4. The Labute approximate surface area is 153 Å². The second kappa shape index (κ2) is 8.48. The summed E-state index contributed by atoms with van der Waals surface area (Å²) in [7, 11) is 0. The SMILES string of the molecule is C#CCNC(=O)CCNC(=O)c1cc(C(C)C)nc2c1cnn2C(C)C. The van der Waals surface area contributed by atoms with Crippen molar-refractivity contribution in [2.75, 3.05) is 13.1 Å². The van der Waals surface area contributed by atoms with Crippen LogP contribution in [0.3, 0.4) is 0 Å². The van der Waals surface area contributed by atoms with E-state index in [0.717, 1.165) is 5.69 Å². The molecule has 0 atom stereocenters. The largest absolute Gasteiger partial charge is 0.351 e. The molecule has 0 aliphatic heterocycles. The summed E-state index contributed by atoms with van der Waals surface area (Å²) < 4.78 is 1.81. The summed E-state index contributed by atoms with van der Waals surface area (Å²) >= 11 is 0. The maximum absolute atomic E-state index is 12.7. The van der Waals surface area contributed by atoms with Crippen molar-refractivity contribution in [2.45, 2.75) is 46.1 Å². The topological polar surface area (TPSA) is 88.9 Å². The number of nitrogens with one attached hydrogen (secondary N) is 2. The Morgan fingerprint density at radius 1 is 1.27 bits per heavy atom. The maximum atomic E-state index is 12.7. The lowest BCUT2D eigenvalue weighted by Crippen LogP contribution is -2.31. The third kappa shape index (κ3) is 4.39. The number of rotatable bonds is 7. The smallest absolute Gasteiger partial charge is 0.252 e. The predicted molar refractivity (Wildman–Crippen MR) is 101 cm³/mol. The lowest BCUT2D eigenvalue weighted by molar-refractivity contribution is -0.120. The molecule has 0 saturated heterocycles. The van der Waals surface area contributed by atoms with E-state index in [4.69, 9.17) is 6.42 Å². The van der Waals surface area contributed by atoms with Crippen LogP contribution in [0.2, 0.25) is 0 Å². The molecule has 0 bridgehead atoms. The maximum Gasteiger partial charge on any atom is 0.252 e. The van der Waals surface area contributed by atoms with Gasteiger partial charge >= 0.3 is 0 Å². The second-order valence-electron chi connectivity index (χ2n) is 6.66. The molecule has 7 nitrogen and oxygen atoms in total. The fraction of sp³-hybridized carbons (Fsp3) is 0.474. The van der Waals surface area contributed by atoms with Crippen LogP contribution in [0.4, 0.5) is 0 Å². The third-order valence-corrected chi connectivity index (χ3v) is 3.94. The van der Waals surface area contributed by atoms with E-state index in [-0.39, 0.29) is 43.3 Å². The Bertz CT molecular complexity index is 845. The van der Waals surface area contributed by atoms with Crippen LogP contribution in [0.1, 0.15) is 62.1 Å². The fourth-order valence-electron chi connectivity index (χ4n) is 2.52. The molecule has 0 aliphatic carbocycles. The van der Waals surface area contributed by atoms with E-state index in [1.165, 1.54) is 0 Å². The number of nitrogens with zero attached hydrogens (tertiary/aromatic N) is 3. The number of fused-ring (bicyclic) bond motifs is 1. The second-order valence-corrected chi connectivity index (χ2v) is 6.66. The van der Waals surface area contributed by atoms with Gasteiger partial charge in [0, 0.05) is 24.7 Å². The van der Waals surface area contributed by atoms with Crippen molar-refractivity contribution in [3.8, 4) is 12.3 Å². The first-order chi connectivity index (χ1) is 12.3. The minimum atomic E-state index is -0.243. The first-order valence-electron chi connectivity index (χ1n) is 8.71. The molecule has 0 aromatic carbocycles. The van der Waals surface area contributed by atoms with Gasteiger partial charge in [0.2, 0.25) is 5.91 Å². The van der Waals surface area contributed by atoms with Crippen molar-refractivity contribution in [1.82, 2.24) is 25.4 Å². The highest BCUT2D eigenvalue weighted by atomic mass is 16.2. The van der Waals surface area contributed by atoms with Crippen molar-refractivity contribution in [1.29, 1.82) is 0 Å². The average Bonchev–Trinajstić information content (AvgIpc) is 3.03. The highest BCUT2D eigenvalue weighted by Gasteiger charge is 2.18. The van der Waals surface area contributed by atoms with Crippen LogP contribution in [0.5, 0.6) is 0 Å². The van der Waals surface area contributed by atoms with Gasteiger partial charge in [-0.1, -0.05) is 19.8 Å². The van der Waals surface area contributed by atoms with Crippen LogP contribution in [0.25, 0.3) is 11.0 Å². The van der Waals surface area contributed by atoms with Crippen molar-refractivity contribution >= 4 is 22.8 Å². The third-order valence-electron chi connectivity index (χ3n) is 3.94. The standard InChI is InChI=1S/C19H25N5O2/c1-6-8-20-17(25)7-9-21-19(26)14-10-16(12(2)3)23-18-15(14)11-22-24(18)13(4)5/h1,10-13H,7-9H2,2-5H3,(H,20,25)(H,21,26). The van der Waals surface area contributed by atoms with Crippen molar-refractivity contribution in [2.24, 2.45) is 0 Å². The molecule has 0 fully saturated rings. The van der Waals surface area contributed by atoms with E-state index in [1.54, 1.807) is 12.3 Å². The van der Waals surface area contributed by atoms with Crippen LogP contribution in [0.15, 0.2) is 12.3 Å². The molecule has 0 radical (unpaired) electrons. The zero-order valence-corrected chi connectivity index (χ0v) is 15.7. The zero-order chi connectivity index (χ0) is 19.3. The van der Waals surface area contributed by atoms with Crippen LogP contribution >= 0.6 is 0 Å². The summed E-state index contributed by atoms with van der Waals surface area (Å²) in [5, 5.41) is 10.4. The normalized spacial score (nSPS) is 11.0. The van der Waals surface area contributed by atoms with E-state index >= 15 is 0 Å². The minimum Gasteiger partial charge on any atom is -0.351 e. The Morgan fingerprint density at radius 2 is 2.00 bits per heavy atom. The molecule has 0 unspecified atom stereocenters. The molecule has 138 valence electrons. The summed E-state index contributed by atoms with van der Waals surface area (Å²) in [5.74, 6) is 2.07. The molecular weight excluding hydrogens is 330 g/mol. The first-order valence-corrected chi connectivity index (χ1v) is 8.71. The molecule has 2 N–H and O–H groups in total. The Kier molecular flexibility index (Phi) is 6.34. The monoisotopic (exact) mass is 355 g/mol. The predicted octanol–water partition coefficient (Wildman–Crippen LogP) is 2.00. The van der Waals surface area contributed by atoms with E-state index in [2.05, 4.69) is 26.6 Å². The molecule has 2 rings (SSSR count). The van der Waals surface area contributed by atoms with Gasteiger partial charge < -0.3 is 10.6 Å². The number of hydrogen-bond acceptors (Lipinski definition) is 4. The summed E-state index contributed by atoms with van der Waals surface area (Å²) in [5.41, 5.74) is 2.05. The summed E-state index contributed by atoms with van der Waals surface area (Å²) in [6.45, 7) is 8.51. The lowest BCUT2D eigenvalue weighted by atomic mass is 10.0. The van der Waals surface area contributed by atoms with Gasteiger partial charge in [0.25, 0.3) is 5.91 Å². The molecule has 0 aliphatic rings. The summed E-state index contributed by atoms with van der Waals surface area (Å²) in [6, 6.07) is 1.94. The molecule has 2 amide bonds. The van der Waals surface area contributed by atoms with Gasteiger partial charge in [-0.05, 0) is 25.8 Å². The molecule has 2 aromatic rings. The highest BCUT2D eigenvalue weighted by molar-refractivity contribution is 6.05. The van der Waals surface area contributed by atoms with Crippen LogP contribution in [-0.2, 0) is 4.79 Å². The van der Waals surface area contributed by atoms with Crippen molar-refractivity contribution < 1.29 is 9.59 Å². The van der Waals surface area contributed by atoms with Crippen molar-refractivity contribution in [3.63, 3.8) is 0 Å². The van der Waals surface area contributed by atoms with Crippen molar-refractivity contribution in [3.05, 3.63) is 23.5 Å². The average molecular weight is 355 g/mol. The Morgan fingerprint density at radius 3 is 2.62 bits per heavy atom. The number of carbonyl (C=O) groups excluding carboxylic acids is 2. The van der Waals surface area contributed by atoms with Gasteiger partial charge in [0.05, 0.1) is 23.7 Å². The number of amides is 2. The van der Waals surface area contributed by atoms with Gasteiger partial charge in [0.15, 0.2) is 5.65 Å². The zero-order valence-electron chi connectivity index (χ0n) is 15.7. The molecule has 26 heavy (non-hydrogen) atoms. The minimum absolute atomic E-state index is 0.137. The van der Waals surface area contributed by atoms with E-state index in [1.807, 2.05) is 32.4 Å². The molecule has 0 saturated carbocycles. The molecule has 2 heterocycles. The number of pyridine rings is 1.